The van der Waals surface area contributed by atoms with Crippen LogP contribution in [0.5, 0.6) is 0 Å². The zero-order valence-electron chi connectivity index (χ0n) is 17.8. The highest BCUT2D eigenvalue weighted by atomic mass is 127. The maximum Gasteiger partial charge on any atom is 0.191 e. The van der Waals surface area contributed by atoms with Gasteiger partial charge in [0.15, 0.2) is 5.96 Å². The molecule has 162 valence electrons. The van der Waals surface area contributed by atoms with Crippen molar-refractivity contribution in [1.82, 2.24) is 15.6 Å². The van der Waals surface area contributed by atoms with Gasteiger partial charge in [0.25, 0.3) is 0 Å². The van der Waals surface area contributed by atoms with Gasteiger partial charge in [0.2, 0.25) is 0 Å². The van der Waals surface area contributed by atoms with E-state index in [0.717, 1.165) is 56.8 Å². The number of halogens is 1. The van der Waals surface area contributed by atoms with E-state index in [2.05, 4.69) is 51.9 Å². The standard InChI is InChI=1S/C22H34N4OS.HI/c1-4-16-8-6-11-20-17(15-25-21(16)20)12-13-24-22(23-3)26-18-9-7-10-19(14-18)28(27)5-2;/h6,8,11,15,18-19,25H,4-5,7,9-10,12-14H2,1-3H3,(H2,23,24,26);1H. The van der Waals surface area contributed by atoms with Crippen LogP contribution in [0.4, 0.5) is 0 Å². The van der Waals surface area contributed by atoms with Gasteiger partial charge in [-0.05, 0) is 43.2 Å². The van der Waals surface area contributed by atoms with E-state index in [-0.39, 0.29) is 24.0 Å². The molecule has 1 heterocycles. The highest BCUT2D eigenvalue weighted by molar-refractivity contribution is 14.0. The first-order valence-electron chi connectivity index (χ1n) is 10.6. The van der Waals surface area contributed by atoms with Crippen LogP contribution in [0, 0.1) is 0 Å². The summed E-state index contributed by atoms with van der Waals surface area (Å²) in [6.07, 6.45) is 8.45. The summed E-state index contributed by atoms with van der Waals surface area (Å²) >= 11 is 0. The van der Waals surface area contributed by atoms with E-state index in [1.807, 2.05) is 14.0 Å². The Balaban J connectivity index is 0.00000300. The summed E-state index contributed by atoms with van der Waals surface area (Å²) in [7, 11) is 1.12. The molecule has 0 aliphatic heterocycles. The van der Waals surface area contributed by atoms with Gasteiger partial charge >= 0.3 is 0 Å². The molecule has 3 N–H and O–H groups in total. The van der Waals surface area contributed by atoms with Crippen LogP contribution in [0.15, 0.2) is 29.4 Å². The van der Waals surface area contributed by atoms with E-state index in [1.54, 1.807) is 0 Å². The molecule has 0 radical (unpaired) electrons. The highest BCUT2D eigenvalue weighted by Crippen LogP contribution is 2.23. The van der Waals surface area contributed by atoms with Crippen molar-refractivity contribution in [3.8, 4) is 0 Å². The first-order valence-corrected chi connectivity index (χ1v) is 12.0. The summed E-state index contributed by atoms with van der Waals surface area (Å²) in [4.78, 5) is 7.84. The number of H-pyrrole nitrogens is 1. The summed E-state index contributed by atoms with van der Waals surface area (Å²) < 4.78 is 12.2. The van der Waals surface area contributed by atoms with Crippen molar-refractivity contribution in [1.29, 1.82) is 0 Å². The second-order valence-electron chi connectivity index (χ2n) is 7.56. The molecule has 0 spiro atoms. The lowest BCUT2D eigenvalue weighted by Crippen LogP contribution is -2.47. The fourth-order valence-electron chi connectivity index (χ4n) is 4.23. The zero-order chi connectivity index (χ0) is 19.9. The van der Waals surface area contributed by atoms with Gasteiger partial charge in [0.05, 0.1) is 0 Å². The Morgan fingerprint density at radius 3 is 2.83 bits per heavy atom. The number of aliphatic imine (C=N–C) groups is 1. The average molecular weight is 531 g/mol. The SMILES string of the molecule is CCc1cccc2c(CCNC(=NC)NC3CCCC(S(=O)CC)C3)c[nH]c12.I. The number of aromatic amines is 1. The number of benzene rings is 1. The Morgan fingerprint density at radius 1 is 1.28 bits per heavy atom. The normalized spacial score (nSPS) is 20.9. The van der Waals surface area contributed by atoms with Crippen molar-refractivity contribution in [3.05, 3.63) is 35.5 Å². The second-order valence-corrected chi connectivity index (χ2v) is 9.56. The quantitative estimate of drug-likeness (QED) is 0.287. The summed E-state index contributed by atoms with van der Waals surface area (Å²) in [6.45, 7) is 5.04. The smallest absolute Gasteiger partial charge is 0.191 e. The molecular weight excluding hydrogens is 495 g/mol. The first kappa shape index (κ1) is 24.2. The molecule has 3 atom stereocenters. The van der Waals surface area contributed by atoms with E-state index >= 15 is 0 Å². The Morgan fingerprint density at radius 2 is 2.10 bits per heavy atom. The van der Waals surface area contributed by atoms with Gasteiger partial charge in [-0.3, -0.25) is 9.20 Å². The molecule has 5 nitrogen and oxygen atoms in total. The minimum absolute atomic E-state index is 0. The lowest BCUT2D eigenvalue weighted by atomic mass is 9.95. The Kier molecular flexibility index (Phi) is 9.95. The molecule has 2 aromatic rings. The Hall–Kier alpha value is -1.09. The van der Waals surface area contributed by atoms with Crippen LogP contribution in [0.3, 0.4) is 0 Å². The number of hydrogen-bond donors (Lipinski definition) is 3. The van der Waals surface area contributed by atoms with Crippen LogP contribution in [-0.4, -0.2) is 45.8 Å². The second kappa shape index (κ2) is 11.9. The molecule has 7 heteroatoms. The number of nitrogens with zero attached hydrogens (tertiary/aromatic N) is 1. The molecule has 0 amide bonds. The van der Waals surface area contributed by atoms with Crippen LogP contribution in [0.25, 0.3) is 10.9 Å². The fraction of sp³-hybridized carbons (Fsp3) is 0.591. The van der Waals surface area contributed by atoms with Crippen molar-refractivity contribution in [2.75, 3.05) is 19.3 Å². The summed E-state index contributed by atoms with van der Waals surface area (Å²) in [5.74, 6) is 1.61. The van der Waals surface area contributed by atoms with Crippen molar-refractivity contribution < 1.29 is 4.21 Å². The van der Waals surface area contributed by atoms with Gasteiger partial charge in [0, 0.05) is 58.5 Å². The van der Waals surface area contributed by atoms with Crippen LogP contribution in [0.1, 0.15) is 50.7 Å². The molecular formula is C22H35IN4OS. The number of nitrogens with one attached hydrogen (secondary N) is 3. The lowest BCUT2D eigenvalue weighted by molar-refractivity contribution is 0.413. The minimum Gasteiger partial charge on any atom is -0.361 e. The van der Waals surface area contributed by atoms with Crippen LogP contribution < -0.4 is 10.6 Å². The number of guanidine groups is 1. The number of para-hydroxylation sites is 1. The third kappa shape index (κ3) is 6.20. The predicted molar refractivity (Wildman–Crippen MR) is 136 cm³/mol. The lowest BCUT2D eigenvalue weighted by Gasteiger charge is -2.30. The average Bonchev–Trinajstić information content (AvgIpc) is 3.15. The predicted octanol–water partition coefficient (Wildman–Crippen LogP) is 4.14. The van der Waals surface area contributed by atoms with Gasteiger partial charge < -0.3 is 15.6 Å². The highest BCUT2D eigenvalue weighted by Gasteiger charge is 2.26. The molecule has 1 aliphatic carbocycles. The topological polar surface area (TPSA) is 69.3 Å². The molecule has 1 aliphatic rings. The molecule has 29 heavy (non-hydrogen) atoms. The van der Waals surface area contributed by atoms with E-state index in [0.29, 0.717) is 11.3 Å². The zero-order valence-corrected chi connectivity index (χ0v) is 20.9. The number of aromatic nitrogens is 1. The van der Waals surface area contributed by atoms with E-state index in [1.165, 1.54) is 22.0 Å². The molecule has 1 aromatic carbocycles. The monoisotopic (exact) mass is 530 g/mol. The molecule has 3 rings (SSSR count). The van der Waals surface area contributed by atoms with E-state index in [9.17, 15) is 4.21 Å². The van der Waals surface area contributed by atoms with Crippen LogP contribution in [0.2, 0.25) is 0 Å². The number of hydrogen-bond acceptors (Lipinski definition) is 2. The Bertz CT molecular complexity index is 835. The van der Waals surface area contributed by atoms with Gasteiger partial charge in [-0.1, -0.05) is 38.5 Å². The number of aryl methyl sites for hydroxylation is 1. The summed E-state index contributed by atoms with van der Waals surface area (Å²) in [5, 5.41) is 8.65. The molecule has 1 fully saturated rings. The van der Waals surface area contributed by atoms with Crippen LogP contribution in [-0.2, 0) is 23.6 Å². The third-order valence-corrected chi connectivity index (χ3v) is 7.54. The minimum atomic E-state index is -0.697. The van der Waals surface area contributed by atoms with Gasteiger partial charge in [-0.25, -0.2) is 0 Å². The van der Waals surface area contributed by atoms with Crippen molar-refractivity contribution in [3.63, 3.8) is 0 Å². The van der Waals surface area contributed by atoms with Gasteiger partial charge in [-0.15, -0.1) is 24.0 Å². The molecule has 1 aromatic heterocycles. The summed E-state index contributed by atoms with van der Waals surface area (Å²) in [5.41, 5.74) is 3.97. The number of fused-ring (bicyclic) bond motifs is 1. The van der Waals surface area contributed by atoms with Gasteiger partial charge in [-0.2, -0.15) is 0 Å². The molecule has 1 saturated carbocycles. The largest absolute Gasteiger partial charge is 0.361 e. The molecule has 0 bridgehead atoms. The number of rotatable bonds is 7. The van der Waals surface area contributed by atoms with Crippen LogP contribution >= 0.6 is 24.0 Å². The van der Waals surface area contributed by atoms with Gasteiger partial charge in [0.1, 0.15) is 0 Å². The first-order chi connectivity index (χ1) is 13.7. The van der Waals surface area contributed by atoms with Crippen molar-refractivity contribution in [2.45, 2.75) is 63.7 Å². The van der Waals surface area contributed by atoms with Crippen molar-refractivity contribution in [2.24, 2.45) is 4.99 Å². The maximum atomic E-state index is 12.2. The third-order valence-electron chi connectivity index (χ3n) is 5.80. The molecule has 3 unspecified atom stereocenters. The van der Waals surface area contributed by atoms with E-state index in [4.69, 9.17) is 0 Å². The molecule has 0 saturated heterocycles. The van der Waals surface area contributed by atoms with E-state index < -0.39 is 10.8 Å². The van der Waals surface area contributed by atoms with Crippen molar-refractivity contribution >= 4 is 51.6 Å². The summed E-state index contributed by atoms with van der Waals surface area (Å²) in [6, 6.07) is 6.89. The Labute approximate surface area is 194 Å². The fourth-order valence-corrected chi connectivity index (χ4v) is 5.58. The maximum absolute atomic E-state index is 12.2.